The number of anilines is 1. The number of Topliss-reactive ketones (excluding diaryl/α,β-unsaturated/α-hetero) is 1. The number of rotatable bonds is 5. The first-order valence-electron chi connectivity index (χ1n) is 9.40. The van der Waals surface area contributed by atoms with Gasteiger partial charge in [0.25, 0.3) is 0 Å². The molecule has 0 aliphatic carbocycles. The summed E-state index contributed by atoms with van der Waals surface area (Å²) in [4.78, 5) is 15.1. The van der Waals surface area contributed by atoms with Gasteiger partial charge < -0.3 is 4.90 Å². The summed E-state index contributed by atoms with van der Waals surface area (Å²) < 4.78 is 4.14. The topological polar surface area (TPSA) is 55.1 Å². The summed E-state index contributed by atoms with van der Waals surface area (Å²) in [5, 5.41) is 0. The highest BCUT2D eigenvalue weighted by atomic mass is 16.1. The van der Waals surface area contributed by atoms with Crippen LogP contribution in [0.1, 0.15) is 40.0 Å². The van der Waals surface area contributed by atoms with Crippen molar-refractivity contribution in [1.29, 1.82) is 0 Å². The first kappa shape index (κ1) is 17.9. The predicted octanol–water partition coefficient (Wildman–Crippen LogP) is 2.61. The molecular formula is C20H31N4O+. The van der Waals surface area contributed by atoms with E-state index < -0.39 is 0 Å². The van der Waals surface area contributed by atoms with Gasteiger partial charge in [-0.2, -0.15) is 0 Å². The van der Waals surface area contributed by atoms with Crippen molar-refractivity contribution < 1.29 is 9.36 Å². The van der Waals surface area contributed by atoms with Crippen LogP contribution in [0.2, 0.25) is 0 Å². The SMILES string of the molecule is CC(C)(C)C(=O)C[n+]1c(N)n(CCN2CCCCC2)c2ccccc21. The van der Waals surface area contributed by atoms with E-state index >= 15 is 0 Å². The average Bonchev–Trinajstić information content (AvgIpc) is 2.85. The maximum absolute atomic E-state index is 12.6. The Hall–Kier alpha value is -1.88. The van der Waals surface area contributed by atoms with Crippen molar-refractivity contribution in [2.75, 3.05) is 25.4 Å². The van der Waals surface area contributed by atoms with Crippen molar-refractivity contribution in [2.24, 2.45) is 5.41 Å². The van der Waals surface area contributed by atoms with Crippen molar-refractivity contribution >= 4 is 22.8 Å². The van der Waals surface area contributed by atoms with Crippen LogP contribution in [0.3, 0.4) is 0 Å². The largest absolute Gasteiger partial charge is 0.356 e. The van der Waals surface area contributed by atoms with Gasteiger partial charge in [-0.05, 0) is 38.1 Å². The van der Waals surface area contributed by atoms with E-state index in [0.29, 0.717) is 12.5 Å². The van der Waals surface area contributed by atoms with Crippen LogP contribution in [0.5, 0.6) is 0 Å². The van der Waals surface area contributed by atoms with E-state index in [-0.39, 0.29) is 11.2 Å². The summed E-state index contributed by atoms with van der Waals surface area (Å²) in [5.74, 6) is 0.874. The first-order chi connectivity index (χ1) is 11.9. The standard InChI is InChI=1S/C20H30N4O/c1-20(2,3)18(25)15-24-17-10-6-5-9-16(17)23(19(24)21)14-13-22-11-7-4-8-12-22/h5-6,9-10,21H,4,7-8,11-15H2,1-3H3/p+1. The molecule has 0 amide bonds. The highest BCUT2D eigenvalue weighted by Crippen LogP contribution is 2.19. The van der Waals surface area contributed by atoms with Crippen molar-refractivity contribution in [3.05, 3.63) is 24.3 Å². The van der Waals surface area contributed by atoms with Crippen LogP contribution in [0.4, 0.5) is 5.95 Å². The quantitative estimate of drug-likeness (QED) is 0.849. The minimum Gasteiger partial charge on any atom is -0.300 e. The van der Waals surface area contributed by atoms with Gasteiger partial charge >= 0.3 is 5.95 Å². The Morgan fingerprint density at radius 1 is 1.12 bits per heavy atom. The van der Waals surface area contributed by atoms with E-state index in [1.165, 1.54) is 32.4 Å². The fourth-order valence-electron chi connectivity index (χ4n) is 3.52. The summed E-state index contributed by atoms with van der Waals surface area (Å²) in [6.07, 6.45) is 3.93. The lowest BCUT2D eigenvalue weighted by Crippen LogP contribution is -2.44. The van der Waals surface area contributed by atoms with Crippen LogP contribution in [0.15, 0.2) is 24.3 Å². The van der Waals surface area contributed by atoms with Gasteiger partial charge in [0, 0.05) is 12.0 Å². The fraction of sp³-hybridized carbons (Fsp3) is 0.600. The molecule has 0 spiro atoms. The van der Waals surface area contributed by atoms with Crippen molar-refractivity contribution in [3.63, 3.8) is 0 Å². The molecule has 1 fully saturated rings. The Labute approximate surface area is 150 Å². The molecule has 25 heavy (non-hydrogen) atoms. The molecule has 2 heterocycles. The summed E-state index contributed by atoms with van der Waals surface area (Å²) in [6, 6.07) is 8.20. The summed E-state index contributed by atoms with van der Waals surface area (Å²) >= 11 is 0. The Bertz CT molecular complexity index is 751. The molecule has 0 atom stereocenters. The number of ketones is 1. The number of carbonyl (C=O) groups is 1. The number of carbonyl (C=O) groups excluding carboxylic acids is 1. The van der Waals surface area contributed by atoms with Gasteiger partial charge in [0.15, 0.2) is 5.78 Å². The van der Waals surface area contributed by atoms with E-state index in [1.54, 1.807) is 0 Å². The molecule has 136 valence electrons. The van der Waals surface area contributed by atoms with Crippen LogP contribution < -0.4 is 10.3 Å². The van der Waals surface area contributed by atoms with Crippen molar-refractivity contribution in [1.82, 2.24) is 9.47 Å². The van der Waals surface area contributed by atoms with Gasteiger partial charge in [0.1, 0.15) is 17.6 Å². The van der Waals surface area contributed by atoms with E-state index in [0.717, 1.165) is 24.1 Å². The Morgan fingerprint density at radius 2 is 1.80 bits per heavy atom. The second kappa shape index (κ2) is 7.16. The van der Waals surface area contributed by atoms with Crippen LogP contribution in [-0.4, -0.2) is 34.9 Å². The molecule has 1 aromatic carbocycles. The zero-order chi connectivity index (χ0) is 18.0. The smallest absolute Gasteiger partial charge is 0.300 e. The molecule has 0 saturated carbocycles. The lowest BCUT2D eigenvalue weighted by molar-refractivity contribution is -0.644. The third-order valence-corrected chi connectivity index (χ3v) is 5.24. The number of piperidine rings is 1. The number of fused-ring (bicyclic) bond motifs is 1. The number of nitrogens with zero attached hydrogens (tertiary/aromatic N) is 3. The second-order valence-electron chi connectivity index (χ2n) is 8.16. The molecule has 0 bridgehead atoms. The zero-order valence-corrected chi connectivity index (χ0v) is 15.8. The second-order valence-corrected chi connectivity index (χ2v) is 8.16. The van der Waals surface area contributed by atoms with E-state index in [1.807, 2.05) is 37.5 Å². The molecule has 2 N–H and O–H groups in total. The van der Waals surface area contributed by atoms with Gasteiger partial charge in [-0.1, -0.05) is 39.3 Å². The summed E-state index contributed by atoms with van der Waals surface area (Å²) in [7, 11) is 0. The molecule has 1 aliphatic heterocycles. The molecule has 0 unspecified atom stereocenters. The summed E-state index contributed by atoms with van der Waals surface area (Å²) in [6.45, 7) is 10.4. The van der Waals surface area contributed by atoms with E-state index in [2.05, 4.69) is 21.6 Å². The molecule has 2 aromatic rings. The highest BCUT2D eigenvalue weighted by molar-refractivity contribution is 5.83. The number of para-hydroxylation sites is 2. The van der Waals surface area contributed by atoms with Gasteiger partial charge in [-0.25, -0.2) is 9.13 Å². The van der Waals surface area contributed by atoms with Gasteiger partial charge in [0.05, 0.1) is 6.54 Å². The third kappa shape index (κ3) is 3.87. The van der Waals surface area contributed by atoms with Crippen LogP contribution in [-0.2, 0) is 17.9 Å². The molecule has 1 aliphatic rings. The number of aromatic nitrogens is 2. The number of hydrogen-bond acceptors (Lipinski definition) is 3. The maximum atomic E-state index is 12.6. The maximum Gasteiger partial charge on any atom is 0.356 e. The minimum absolute atomic E-state index is 0.197. The van der Waals surface area contributed by atoms with Gasteiger partial charge in [-0.15, -0.1) is 0 Å². The Kier molecular flexibility index (Phi) is 5.13. The predicted molar refractivity (Wildman–Crippen MR) is 101 cm³/mol. The first-order valence-corrected chi connectivity index (χ1v) is 9.40. The molecule has 1 aromatic heterocycles. The number of nitrogen functional groups attached to an aromatic ring is 1. The zero-order valence-electron chi connectivity index (χ0n) is 15.8. The normalized spacial score (nSPS) is 16.4. The Morgan fingerprint density at radius 3 is 2.48 bits per heavy atom. The average molecular weight is 343 g/mol. The van der Waals surface area contributed by atoms with Crippen molar-refractivity contribution in [3.8, 4) is 0 Å². The van der Waals surface area contributed by atoms with E-state index in [9.17, 15) is 4.79 Å². The van der Waals surface area contributed by atoms with E-state index in [4.69, 9.17) is 5.73 Å². The minimum atomic E-state index is -0.365. The summed E-state index contributed by atoms with van der Waals surface area (Å²) in [5.41, 5.74) is 8.26. The van der Waals surface area contributed by atoms with Crippen LogP contribution in [0, 0.1) is 5.41 Å². The van der Waals surface area contributed by atoms with Gasteiger partial charge in [-0.3, -0.25) is 10.5 Å². The molecular weight excluding hydrogens is 312 g/mol. The molecule has 3 rings (SSSR count). The number of nitrogens with two attached hydrogens (primary N) is 1. The third-order valence-electron chi connectivity index (χ3n) is 5.24. The number of hydrogen-bond donors (Lipinski definition) is 1. The number of imidazole rings is 1. The monoisotopic (exact) mass is 343 g/mol. The van der Waals surface area contributed by atoms with Crippen LogP contribution >= 0.6 is 0 Å². The molecule has 0 radical (unpaired) electrons. The molecule has 5 heteroatoms. The number of likely N-dealkylation sites (tertiary alicyclic amines) is 1. The fourth-order valence-corrected chi connectivity index (χ4v) is 3.52. The number of benzene rings is 1. The lowest BCUT2D eigenvalue weighted by atomic mass is 9.91. The molecule has 1 saturated heterocycles. The highest BCUT2D eigenvalue weighted by Gasteiger charge is 2.28. The van der Waals surface area contributed by atoms with Crippen molar-refractivity contribution in [2.45, 2.75) is 53.1 Å². The molecule has 5 nitrogen and oxygen atoms in total. The lowest BCUT2D eigenvalue weighted by Gasteiger charge is -2.25. The van der Waals surface area contributed by atoms with Crippen LogP contribution in [0.25, 0.3) is 11.0 Å². The van der Waals surface area contributed by atoms with Gasteiger partial charge in [0.2, 0.25) is 0 Å². The Balaban J connectivity index is 1.88.